The molecule has 1 heterocycles. The molecule has 0 saturated carbocycles. The summed E-state index contributed by atoms with van der Waals surface area (Å²) in [7, 11) is 3.48. The first-order valence-electron chi connectivity index (χ1n) is 7.60. The summed E-state index contributed by atoms with van der Waals surface area (Å²) >= 11 is 3.18. The van der Waals surface area contributed by atoms with E-state index in [0.29, 0.717) is 22.5 Å². The topological polar surface area (TPSA) is 74.6 Å². The molecule has 0 unspecified atom stereocenters. The summed E-state index contributed by atoms with van der Waals surface area (Å²) in [6, 6.07) is 10.2. The van der Waals surface area contributed by atoms with Crippen molar-refractivity contribution in [1.82, 2.24) is 10.6 Å². The summed E-state index contributed by atoms with van der Waals surface area (Å²) in [6.45, 7) is 1.39. The molecule has 1 aromatic heterocycles. The van der Waals surface area contributed by atoms with Crippen LogP contribution in [0.4, 0.5) is 5.69 Å². The highest BCUT2D eigenvalue weighted by atomic mass is 79.9. The number of nitrogens with one attached hydrogen (secondary N) is 2. The van der Waals surface area contributed by atoms with E-state index in [-0.39, 0.29) is 30.0 Å². The second-order valence-electron chi connectivity index (χ2n) is 5.20. The normalized spacial score (nSPS) is 10.0. The van der Waals surface area contributed by atoms with Crippen LogP contribution in [0, 0.1) is 0 Å². The van der Waals surface area contributed by atoms with Crippen LogP contribution in [0.2, 0.25) is 0 Å². The van der Waals surface area contributed by atoms with E-state index in [0.717, 1.165) is 13.0 Å². The van der Waals surface area contributed by atoms with Crippen LogP contribution in [0.3, 0.4) is 0 Å². The maximum absolute atomic E-state index is 12.5. The molecule has 25 heavy (non-hydrogen) atoms. The van der Waals surface area contributed by atoms with Crippen LogP contribution in [0.5, 0.6) is 0 Å². The Kier molecular flexibility index (Phi) is 8.68. The largest absolute Gasteiger partial charge is 0.444 e. The van der Waals surface area contributed by atoms with Gasteiger partial charge in [0.1, 0.15) is 0 Å². The van der Waals surface area contributed by atoms with E-state index >= 15 is 0 Å². The first kappa shape index (κ1) is 21.2. The molecule has 0 aliphatic carbocycles. The van der Waals surface area contributed by atoms with Crippen molar-refractivity contribution in [2.24, 2.45) is 0 Å². The van der Waals surface area contributed by atoms with E-state index in [2.05, 4.69) is 26.6 Å². The third kappa shape index (κ3) is 5.59. The lowest BCUT2D eigenvalue weighted by atomic mass is 10.1. The molecule has 0 atom stereocenters. The predicted octanol–water partition coefficient (Wildman–Crippen LogP) is 3.08. The number of benzene rings is 1. The number of nitrogens with zero attached hydrogens (tertiary/aromatic N) is 1. The third-order valence-electron chi connectivity index (χ3n) is 3.49. The third-order valence-corrected chi connectivity index (χ3v) is 3.91. The smallest absolute Gasteiger partial charge is 0.293 e. The van der Waals surface area contributed by atoms with Gasteiger partial charge in [-0.2, -0.15) is 0 Å². The van der Waals surface area contributed by atoms with E-state index < -0.39 is 0 Å². The number of carbonyl (C=O) groups excluding carboxylic acids is 2. The minimum Gasteiger partial charge on any atom is -0.444 e. The Hall–Kier alpha value is -1.83. The molecule has 2 rings (SSSR count). The molecule has 2 N–H and O–H groups in total. The van der Waals surface area contributed by atoms with Gasteiger partial charge in [0.05, 0.1) is 11.3 Å². The van der Waals surface area contributed by atoms with Crippen LogP contribution in [0.15, 0.2) is 45.5 Å². The molecule has 2 amide bonds. The van der Waals surface area contributed by atoms with Gasteiger partial charge in [-0.05, 0) is 60.2 Å². The van der Waals surface area contributed by atoms with Gasteiger partial charge in [-0.3, -0.25) is 9.59 Å². The van der Waals surface area contributed by atoms with E-state index in [9.17, 15) is 9.59 Å². The van der Waals surface area contributed by atoms with Crippen LogP contribution < -0.4 is 15.5 Å². The number of rotatable bonds is 7. The Bertz CT molecular complexity index is 721. The molecular weight excluding hydrogens is 410 g/mol. The van der Waals surface area contributed by atoms with Gasteiger partial charge < -0.3 is 20.0 Å². The summed E-state index contributed by atoms with van der Waals surface area (Å²) < 4.78 is 5.78. The van der Waals surface area contributed by atoms with Crippen molar-refractivity contribution >= 4 is 45.8 Å². The van der Waals surface area contributed by atoms with Crippen LogP contribution in [0.1, 0.15) is 27.3 Å². The zero-order valence-corrected chi connectivity index (χ0v) is 16.4. The monoisotopic (exact) mass is 429 g/mol. The molecule has 0 fully saturated rings. The van der Waals surface area contributed by atoms with Crippen molar-refractivity contribution < 1.29 is 14.0 Å². The molecule has 6 nitrogen and oxygen atoms in total. The van der Waals surface area contributed by atoms with Crippen molar-refractivity contribution in [3.05, 3.63) is 52.4 Å². The zero-order chi connectivity index (χ0) is 17.5. The summed E-state index contributed by atoms with van der Waals surface area (Å²) in [6.07, 6.45) is 0.833. The highest BCUT2D eigenvalue weighted by Crippen LogP contribution is 2.23. The molecule has 2 aromatic rings. The van der Waals surface area contributed by atoms with Crippen LogP contribution in [-0.2, 0) is 0 Å². The Labute approximate surface area is 161 Å². The fourth-order valence-electron chi connectivity index (χ4n) is 2.22. The van der Waals surface area contributed by atoms with Gasteiger partial charge in [0, 0.05) is 13.6 Å². The molecule has 0 aliphatic rings. The first-order valence-corrected chi connectivity index (χ1v) is 8.39. The van der Waals surface area contributed by atoms with Gasteiger partial charge >= 0.3 is 0 Å². The second kappa shape index (κ2) is 10.2. The number of anilines is 1. The quantitative estimate of drug-likeness (QED) is 0.662. The molecule has 0 aliphatic heterocycles. The number of halogens is 2. The number of carbonyl (C=O) groups is 2. The van der Waals surface area contributed by atoms with Crippen molar-refractivity contribution in [1.29, 1.82) is 0 Å². The Morgan fingerprint density at radius 1 is 1.16 bits per heavy atom. The Morgan fingerprint density at radius 2 is 1.88 bits per heavy atom. The van der Waals surface area contributed by atoms with Gasteiger partial charge in [-0.25, -0.2) is 0 Å². The maximum Gasteiger partial charge on any atom is 0.293 e. The summed E-state index contributed by atoms with van der Waals surface area (Å²) in [5.41, 5.74) is 0.976. The maximum atomic E-state index is 12.5. The number of amides is 2. The van der Waals surface area contributed by atoms with Crippen LogP contribution in [-0.4, -0.2) is 39.0 Å². The van der Waals surface area contributed by atoms with Crippen molar-refractivity contribution in [2.75, 3.05) is 32.1 Å². The van der Waals surface area contributed by atoms with E-state index in [1.807, 2.05) is 7.05 Å². The molecule has 1 aromatic carbocycles. The average Bonchev–Trinajstić information content (AvgIpc) is 3.03. The zero-order valence-electron chi connectivity index (χ0n) is 14.0. The minimum atomic E-state index is -0.323. The predicted molar refractivity (Wildman–Crippen MR) is 104 cm³/mol. The summed E-state index contributed by atoms with van der Waals surface area (Å²) in [5, 5.41) is 5.89. The lowest BCUT2D eigenvalue weighted by Gasteiger charge is -2.19. The van der Waals surface area contributed by atoms with Gasteiger partial charge in [0.2, 0.25) is 0 Å². The summed E-state index contributed by atoms with van der Waals surface area (Å²) in [4.78, 5) is 26.3. The number of para-hydroxylation sites is 1. The number of hydrogen-bond acceptors (Lipinski definition) is 4. The minimum absolute atomic E-state index is 0. The van der Waals surface area contributed by atoms with Crippen LogP contribution in [0.25, 0.3) is 0 Å². The standard InChI is InChI=1S/C17H20BrN3O3.ClH/c1-19-10-5-11-20-16(22)12-6-3-4-7-13(12)21(2)17(23)14-8-9-15(18)24-14;/h3-4,6-9,19H,5,10-11H2,1-2H3,(H,20,22);1H. The fraction of sp³-hybridized carbons (Fsp3) is 0.294. The van der Waals surface area contributed by atoms with Crippen molar-refractivity contribution in [3.63, 3.8) is 0 Å². The SMILES string of the molecule is CNCCCNC(=O)c1ccccc1N(C)C(=O)c1ccc(Br)o1.Cl. The summed E-state index contributed by atoms with van der Waals surface area (Å²) in [5.74, 6) is -0.327. The molecule has 0 bridgehead atoms. The molecule has 8 heteroatoms. The van der Waals surface area contributed by atoms with E-state index in [1.54, 1.807) is 43.4 Å². The number of furan rings is 1. The number of hydrogen-bond donors (Lipinski definition) is 2. The Morgan fingerprint density at radius 3 is 2.52 bits per heavy atom. The van der Waals surface area contributed by atoms with Gasteiger partial charge in [0.25, 0.3) is 11.8 Å². The average molecular weight is 431 g/mol. The van der Waals surface area contributed by atoms with Gasteiger partial charge in [-0.1, -0.05) is 12.1 Å². The molecule has 0 spiro atoms. The highest BCUT2D eigenvalue weighted by molar-refractivity contribution is 9.10. The Balaban J connectivity index is 0.00000312. The molecular formula is C17H21BrClN3O3. The van der Waals surface area contributed by atoms with Crippen molar-refractivity contribution in [2.45, 2.75) is 6.42 Å². The molecule has 0 saturated heterocycles. The second-order valence-corrected chi connectivity index (χ2v) is 5.98. The van der Waals surface area contributed by atoms with Crippen molar-refractivity contribution in [3.8, 4) is 0 Å². The van der Waals surface area contributed by atoms with Crippen LogP contribution >= 0.6 is 28.3 Å². The van der Waals surface area contributed by atoms with Gasteiger partial charge in [-0.15, -0.1) is 12.4 Å². The van der Waals surface area contributed by atoms with E-state index in [4.69, 9.17) is 4.42 Å². The van der Waals surface area contributed by atoms with E-state index in [1.165, 1.54) is 4.90 Å². The van der Waals surface area contributed by atoms with Gasteiger partial charge in [0.15, 0.2) is 10.4 Å². The first-order chi connectivity index (χ1) is 11.5. The molecule has 0 radical (unpaired) electrons. The highest BCUT2D eigenvalue weighted by Gasteiger charge is 2.21. The molecule has 136 valence electrons. The lowest BCUT2D eigenvalue weighted by Crippen LogP contribution is -2.31. The lowest BCUT2D eigenvalue weighted by molar-refractivity contribution is 0.0953. The fourth-order valence-corrected chi connectivity index (χ4v) is 2.53.